The highest BCUT2D eigenvalue weighted by molar-refractivity contribution is 7.10. The number of carbonyl (C=O) groups is 1. The van der Waals surface area contributed by atoms with Crippen LogP contribution in [-0.2, 0) is 13.0 Å². The molecule has 1 amide bonds. The summed E-state index contributed by atoms with van der Waals surface area (Å²) in [4.78, 5) is 21.2. The fourth-order valence-electron chi connectivity index (χ4n) is 4.09. The number of hydrogen-bond acceptors (Lipinski definition) is 4. The van der Waals surface area contributed by atoms with Gasteiger partial charge in [0.05, 0.1) is 18.2 Å². The highest BCUT2D eigenvalue weighted by Gasteiger charge is 2.31. The lowest BCUT2D eigenvalue weighted by atomic mass is 10.00. The number of benzene rings is 1. The van der Waals surface area contributed by atoms with Crippen molar-refractivity contribution < 1.29 is 4.79 Å². The summed E-state index contributed by atoms with van der Waals surface area (Å²) in [5.74, 6) is 0.0255. The van der Waals surface area contributed by atoms with Crippen molar-refractivity contribution in [2.24, 2.45) is 0 Å². The molecule has 0 aliphatic carbocycles. The number of rotatable bonds is 4. The van der Waals surface area contributed by atoms with E-state index in [1.807, 2.05) is 46.1 Å². The molecule has 150 valence electrons. The van der Waals surface area contributed by atoms with Crippen LogP contribution in [0.5, 0.6) is 0 Å². The van der Waals surface area contributed by atoms with Crippen molar-refractivity contribution in [2.45, 2.75) is 25.9 Å². The molecular weight excluding hydrogens is 392 g/mol. The zero-order chi connectivity index (χ0) is 20.5. The number of nitrogens with zero attached hydrogens (tertiary/aromatic N) is 4. The first kappa shape index (κ1) is 18.8. The molecule has 0 saturated carbocycles. The topological polar surface area (TPSA) is 51.0 Å². The summed E-state index contributed by atoms with van der Waals surface area (Å²) in [6.45, 7) is 3.45. The number of fused-ring (bicyclic) bond motifs is 1. The van der Waals surface area contributed by atoms with Crippen LogP contribution in [0.4, 0.5) is 0 Å². The zero-order valence-corrected chi connectivity index (χ0v) is 17.5. The first-order valence-corrected chi connectivity index (χ1v) is 11.0. The second-order valence-corrected chi connectivity index (χ2v) is 8.54. The maximum absolute atomic E-state index is 13.7. The van der Waals surface area contributed by atoms with E-state index < -0.39 is 0 Å². The van der Waals surface area contributed by atoms with E-state index in [-0.39, 0.29) is 11.9 Å². The number of amides is 1. The van der Waals surface area contributed by atoms with E-state index >= 15 is 0 Å². The molecule has 30 heavy (non-hydrogen) atoms. The molecule has 0 bridgehead atoms. The predicted octanol–water partition coefficient (Wildman–Crippen LogP) is 4.81. The van der Waals surface area contributed by atoms with Crippen molar-refractivity contribution in [3.05, 3.63) is 94.1 Å². The number of thiophene rings is 1. The van der Waals surface area contributed by atoms with Crippen LogP contribution in [0.15, 0.2) is 72.5 Å². The summed E-state index contributed by atoms with van der Waals surface area (Å²) in [5.41, 5.74) is 4.58. The molecule has 0 saturated heterocycles. The lowest BCUT2D eigenvalue weighted by Gasteiger charge is -2.33. The monoisotopic (exact) mass is 414 g/mol. The van der Waals surface area contributed by atoms with Crippen LogP contribution >= 0.6 is 11.3 Å². The van der Waals surface area contributed by atoms with E-state index in [0.29, 0.717) is 17.8 Å². The fraction of sp³-hybridized carbons (Fsp3) is 0.208. The van der Waals surface area contributed by atoms with Crippen molar-refractivity contribution in [1.29, 1.82) is 0 Å². The van der Waals surface area contributed by atoms with Crippen molar-refractivity contribution in [1.82, 2.24) is 19.7 Å². The SMILES string of the molecule is C[C@@H]1c2ccsc2CCN1C(=O)c1cn(Cc2ccccc2)nc1-c1cccnc1. The Bertz CT molecular complexity index is 1170. The normalized spacial score (nSPS) is 15.8. The highest BCUT2D eigenvalue weighted by Crippen LogP contribution is 2.35. The summed E-state index contributed by atoms with van der Waals surface area (Å²) in [6, 6.07) is 16.2. The minimum absolute atomic E-state index is 0.0255. The van der Waals surface area contributed by atoms with Crippen LogP contribution in [0.2, 0.25) is 0 Å². The Hall–Kier alpha value is -3.25. The molecule has 3 aromatic heterocycles. The van der Waals surface area contributed by atoms with E-state index in [0.717, 1.165) is 24.1 Å². The Morgan fingerprint density at radius 3 is 2.83 bits per heavy atom. The molecule has 0 unspecified atom stereocenters. The van der Waals surface area contributed by atoms with Gasteiger partial charge in [-0.1, -0.05) is 30.3 Å². The molecule has 5 nitrogen and oxygen atoms in total. The van der Waals surface area contributed by atoms with Crippen LogP contribution in [0.3, 0.4) is 0 Å². The molecule has 4 heterocycles. The summed E-state index contributed by atoms with van der Waals surface area (Å²) >= 11 is 1.78. The Kier molecular flexibility index (Phi) is 4.93. The molecule has 0 N–H and O–H groups in total. The second kappa shape index (κ2) is 7.88. The molecule has 1 aliphatic rings. The lowest BCUT2D eigenvalue weighted by molar-refractivity contribution is 0.0680. The summed E-state index contributed by atoms with van der Waals surface area (Å²) in [6.07, 6.45) is 6.29. The number of pyridine rings is 1. The minimum atomic E-state index is 0.0255. The summed E-state index contributed by atoms with van der Waals surface area (Å²) in [5, 5.41) is 6.90. The molecule has 6 heteroatoms. The second-order valence-electron chi connectivity index (χ2n) is 7.54. The van der Waals surface area contributed by atoms with Gasteiger partial charge in [0, 0.05) is 35.6 Å². The van der Waals surface area contributed by atoms with Gasteiger partial charge in [-0.05, 0) is 48.1 Å². The van der Waals surface area contributed by atoms with Gasteiger partial charge in [-0.3, -0.25) is 14.5 Å². The third-order valence-electron chi connectivity index (χ3n) is 5.65. The van der Waals surface area contributed by atoms with E-state index in [2.05, 4.69) is 35.5 Å². The number of hydrogen-bond donors (Lipinski definition) is 0. The first-order chi connectivity index (χ1) is 14.7. The van der Waals surface area contributed by atoms with Gasteiger partial charge in [0.2, 0.25) is 0 Å². The standard InChI is InChI=1S/C24H22N4OS/c1-17-20-10-13-30-22(20)9-12-28(17)24(29)21-16-27(15-18-6-3-2-4-7-18)26-23(21)19-8-5-11-25-14-19/h2-8,10-11,13-14,16-17H,9,12,15H2,1H3/t17-/m1/s1. The van der Waals surface area contributed by atoms with Crippen LogP contribution in [0, 0.1) is 0 Å². The van der Waals surface area contributed by atoms with Crippen LogP contribution in [0.1, 0.15) is 39.3 Å². The number of carbonyl (C=O) groups excluding carboxylic acids is 1. The quantitative estimate of drug-likeness (QED) is 0.481. The molecule has 1 atom stereocenters. The molecule has 1 aromatic carbocycles. The van der Waals surface area contributed by atoms with Crippen LogP contribution < -0.4 is 0 Å². The molecule has 0 spiro atoms. The van der Waals surface area contributed by atoms with Gasteiger partial charge < -0.3 is 4.90 Å². The molecule has 0 fully saturated rings. The summed E-state index contributed by atoms with van der Waals surface area (Å²) < 4.78 is 1.86. The highest BCUT2D eigenvalue weighted by atomic mass is 32.1. The number of aromatic nitrogens is 3. The van der Waals surface area contributed by atoms with E-state index in [1.165, 1.54) is 10.4 Å². The molecule has 1 aliphatic heterocycles. The third-order valence-corrected chi connectivity index (χ3v) is 6.65. The average Bonchev–Trinajstić information content (AvgIpc) is 3.43. The third kappa shape index (κ3) is 3.44. The molecule has 0 radical (unpaired) electrons. The largest absolute Gasteiger partial charge is 0.331 e. The van der Waals surface area contributed by atoms with E-state index in [1.54, 1.807) is 23.7 Å². The van der Waals surface area contributed by atoms with Crippen molar-refractivity contribution >= 4 is 17.2 Å². The maximum Gasteiger partial charge on any atom is 0.258 e. The Morgan fingerprint density at radius 2 is 2.03 bits per heavy atom. The Morgan fingerprint density at radius 1 is 1.17 bits per heavy atom. The van der Waals surface area contributed by atoms with Crippen molar-refractivity contribution in [3.63, 3.8) is 0 Å². The predicted molar refractivity (Wildman–Crippen MR) is 118 cm³/mol. The van der Waals surface area contributed by atoms with Gasteiger partial charge in [-0.2, -0.15) is 5.10 Å². The maximum atomic E-state index is 13.7. The molecule has 5 rings (SSSR count). The summed E-state index contributed by atoms with van der Waals surface area (Å²) in [7, 11) is 0. The van der Waals surface area contributed by atoms with Gasteiger partial charge >= 0.3 is 0 Å². The fourth-order valence-corrected chi connectivity index (χ4v) is 5.05. The minimum Gasteiger partial charge on any atom is -0.331 e. The van der Waals surface area contributed by atoms with E-state index in [9.17, 15) is 4.79 Å². The molecular formula is C24H22N4OS. The van der Waals surface area contributed by atoms with Gasteiger partial charge in [-0.15, -0.1) is 11.3 Å². The first-order valence-electron chi connectivity index (χ1n) is 10.1. The van der Waals surface area contributed by atoms with Gasteiger partial charge in [0.25, 0.3) is 5.91 Å². The lowest BCUT2D eigenvalue weighted by Crippen LogP contribution is -2.38. The van der Waals surface area contributed by atoms with Gasteiger partial charge in [0.15, 0.2) is 0 Å². The van der Waals surface area contributed by atoms with Gasteiger partial charge in [0.1, 0.15) is 5.69 Å². The van der Waals surface area contributed by atoms with Gasteiger partial charge in [-0.25, -0.2) is 0 Å². The zero-order valence-electron chi connectivity index (χ0n) is 16.7. The average molecular weight is 415 g/mol. The smallest absolute Gasteiger partial charge is 0.258 e. The molecule has 4 aromatic rings. The van der Waals surface area contributed by atoms with Crippen molar-refractivity contribution in [3.8, 4) is 11.3 Å². The van der Waals surface area contributed by atoms with Crippen LogP contribution in [0.25, 0.3) is 11.3 Å². The van der Waals surface area contributed by atoms with Crippen LogP contribution in [-0.4, -0.2) is 32.1 Å². The van der Waals surface area contributed by atoms with Crippen molar-refractivity contribution in [2.75, 3.05) is 6.54 Å². The Labute approximate surface area is 179 Å². The van der Waals surface area contributed by atoms with E-state index in [4.69, 9.17) is 5.10 Å². The Balaban J connectivity index is 1.52.